The number of rotatable bonds is 1. The number of hydrogen-bond acceptors (Lipinski definition) is 3. The Balaban J connectivity index is 2.33. The summed E-state index contributed by atoms with van der Waals surface area (Å²) in [5.41, 5.74) is 1.47. The normalized spacial score (nSPS) is 31.6. The molecule has 0 unspecified atom stereocenters. The average Bonchev–Trinajstić information content (AvgIpc) is 2.47. The molecule has 1 aliphatic heterocycles. The first-order valence-corrected chi connectivity index (χ1v) is 4.69. The fraction of sp³-hybridized carbons (Fsp3) is 0.364. The number of benzene rings is 1. The molecule has 0 aromatic heterocycles. The third-order valence-corrected chi connectivity index (χ3v) is 2.51. The van der Waals surface area contributed by atoms with Crippen LogP contribution < -0.4 is 0 Å². The van der Waals surface area contributed by atoms with Gasteiger partial charge >= 0.3 is 0 Å². The van der Waals surface area contributed by atoms with E-state index in [2.05, 4.69) is 4.99 Å². The highest BCUT2D eigenvalue weighted by Crippen LogP contribution is 2.19. The zero-order valence-corrected chi connectivity index (χ0v) is 7.96. The molecule has 0 amide bonds. The third kappa shape index (κ3) is 1.45. The highest BCUT2D eigenvalue weighted by atomic mass is 16.3. The Labute approximate surface area is 82.7 Å². The molecule has 1 aromatic carbocycles. The van der Waals surface area contributed by atoms with Gasteiger partial charge < -0.3 is 10.2 Å². The second kappa shape index (κ2) is 3.52. The van der Waals surface area contributed by atoms with Crippen molar-refractivity contribution in [3.8, 4) is 0 Å². The summed E-state index contributed by atoms with van der Waals surface area (Å²) in [6, 6.07) is 9.23. The van der Waals surface area contributed by atoms with Crippen LogP contribution in [0.2, 0.25) is 0 Å². The van der Waals surface area contributed by atoms with Gasteiger partial charge in [0.2, 0.25) is 0 Å². The summed E-state index contributed by atoms with van der Waals surface area (Å²) in [6.45, 7) is 1.80. The molecule has 2 N–H and O–H groups in total. The maximum Gasteiger partial charge on any atom is 0.124 e. The van der Waals surface area contributed by atoms with E-state index < -0.39 is 12.2 Å². The molecule has 0 saturated heterocycles. The van der Waals surface area contributed by atoms with Crippen LogP contribution in [0.1, 0.15) is 12.5 Å². The molecule has 2 rings (SSSR count). The van der Waals surface area contributed by atoms with Crippen LogP contribution in [0.25, 0.3) is 0 Å². The molecule has 0 aliphatic carbocycles. The van der Waals surface area contributed by atoms with Gasteiger partial charge in [0.1, 0.15) is 12.2 Å². The lowest BCUT2D eigenvalue weighted by molar-refractivity contribution is 0.0593. The summed E-state index contributed by atoms with van der Waals surface area (Å²) in [4.78, 5) is 4.24. The van der Waals surface area contributed by atoms with E-state index in [0.29, 0.717) is 5.71 Å². The van der Waals surface area contributed by atoms with Crippen molar-refractivity contribution in [2.24, 2.45) is 4.99 Å². The van der Waals surface area contributed by atoms with Crippen molar-refractivity contribution >= 4 is 5.71 Å². The van der Waals surface area contributed by atoms with Crippen molar-refractivity contribution in [1.82, 2.24) is 0 Å². The van der Waals surface area contributed by atoms with Gasteiger partial charge in [-0.2, -0.15) is 0 Å². The van der Waals surface area contributed by atoms with Gasteiger partial charge in [0.05, 0.1) is 11.8 Å². The summed E-state index contributed by atoms with van der Waals surface area (Å²) in [7, 11) is 0. The Morgan fingerprint density at radius 1 is 1.14 bits per heavy atom. The highest BCUT2D eigenvalue weighted by Gasteiger charge is 2.33. The van der Waals surface area contributed by atoms with E-state index >= 15 is 0 Å². The molecule has 0 radical (unpaired) electrons. The van der Waals surface area contributed by atoms with E-state index in [9.17, 15) is 10.2 Å². The van der Waals surface area contributed by atoms with Crippen molar-refractivity contribution in [2.45, 2.75) is 25.2 Å². The molecule has 3 heteroatoms. The first kappa shape index (κ1) is 9.37. The summed E-state index contributed by atoms with van der Waals surface area (Å²) < 4.78 is 0. The second-order valence-corrected chi connectivity index (χ2v) is 3.56. The number of hydrogen-bond donors (Lipinski definition) is 2. The van der Waals surface area contributed by atoms with Crippen LogP contribution >= 0.6 is 0 Å². The van der Waals surface area contributed by atoms with Crippen LogP contribution in [-0.4, -0.2) is 34.2 Å². The van der Waals surface area contributed by atoms with Crippen molar-refractivity contribution in [3.63, 3.8) is 0 Å². The molecule has 1 aliphatic rings. The van der Waals surface area contributed by atoms with E-state index in [0.717, 1.165) is 5.56 Å². The van der Waals surface area contributed by atoms with Gasteiger partial charge in [0, 0.05) is 0 Å². The van der Waals surface area contributed by atoms with Crippen LogP contribution in [-0.2, 0) is 0 Å². The van der Waals surface area contributed by atoms with Crippen molar-refractivity contribution < 1.29 is 10.2 Å². The molecule has 3 atom stereocenters. The van der Waals surface area contributed by atoms with E-state index in [-0.39, 0.29) is 6.04 Å². The zero-order valence-electron chi connectivity index (χ0n) is 7.96. The molecule has 3 nitrogen and oxygen atoms in total. The standard InChI is InChI=1S/C11H13NO2/c1-7-10(13)11(14)9(12-7)8-5-3-2-4-6-8/h2-7,10-11,13-14H,1H3/t7-,10+,11-/m0/s1. The van der Waals surface area contributed by atoms with Gasteiger partial charge in [-0.25, -0.2) is 0 Å². The second-order valence-electron chi connectivity index (χ2n) is 3.56. The van der Waals surface area contributed by atoms with Crippen LogP contribution in [0.4, 0.5) is 0 Å². The van der Waals surface area contributed by atoms with E-state index in [1.165, 1.54) is 0 Å². The molecular weight excluding hydrogens is 178 g/mol. The van der Waals surface area contributed by atoms with Crippen molar-refractivity contribution in [2.75, 3.05) is 0 Å². The summed E-state index contributed by atoms with van der Waals surface area (Å²) in [5.74, 6) is 0. The third-order valence-electron chi connectivity index (χ3n) is 2.51. The topological polar surface area (TPSA) is 52.8 Å². The van der Waals surface area contributed by atoms with E-state index in [4.69, 9.17) is 0 Å². The van der Waals surface area contributed by atoms with Gasteiger partial charge in [-0.3, -0.25) is 4.99 Å². The monoisotopic (exact) mass is 191 g/mol. The lowest BCUT2D eigenvalue weighted by atomic mass is 10.0. The average molecular weight is 191 g/mol. The minimum Gasteiger partial charge on any atom is -0.388 e. The maximum atomic E-state index is 9.70. The first-order chi connectivity index (χ1) is 6.70. The Morgan fingerprint density at radius 2 is 1.79 bits per heavy atom. The smallest absolute Gasteiger partial charge is 0.124 e. The Morgan fingerprint density at radius 3 is 2.29 bits per heavy atom. The van der Waals surface area contributed by atoms with Gasteiger partial charge in [0.15, 0.2) is 0 Å². The predicted octanol–water partition coefficient (Wildman–Crippen LogP) is 0.600. The number of nitrogens with zero attached hydrogens (tertiary/aromatic N) is 1. The zero-order chi connectivity index (χ0) is 10.1. The number of aliphatic imine (C=N–C) groups is 1. The number of aliphatic hydroxyl groups is 2. The van der Waals surface area contributed by atoms with Gasteiger partial charge in [-0.05, 0) is 12.5 Å². The maximum absolute atomic E-state index is 9.70. The fourth-order valence-corrected chi connectivity index (χ4v) is 1.65. The highest BCUT2D eigenvalue weighted by molar-refractivity contribution is 6.05. The summed E-state index contributed by atoms with van der Waals surface area (Å²) in [6.07, 6.45) is -1.63. The molecule has 0 bridgehead atoms. The van der Waals surface area contributed by atoms with Gasteiger partial charge in [-0.15, -0.1) is 0 Å². The van der Waals surface area contributed by atoms with Crippen LogP contribution in [0.15, 0.2) is 35.3 Å². The minimum absolute atomic E-state index is 0.222. The molecule has 1 heterocycles. The lowest BCUT2D eigenvalue weighted by Gasteiger charge is -2.11. The molecule has 14 heavy (non-hydrogen) atoms. The molecule has 0 fully saturated rings. The minimum atomic E-state index is -0.854. The summed E-state index contributed by atoms with van der Waals surface area (Å²) >= 11 is 0. The van der Waals surface area contributed by atoms with Crippen molar-refractivity contribution in [3.05, 3.63) is 35.9 Å². The van der Waals surface area contributed by atoms with Gasteiger partial charge in [0.25, 0.3) is 0 Å². The SMILES string of the molecule is C[C@@H]1N=C(c2ccccc2)[C@H](O)[C@@H]1O. The first-order valence-electron chi connectivity index (χ1n) is 4.69. The van der Waals surface area contributed by atoms with Crippen molar-refractivity contribution in [1.29, 1.82) is 0 Å². The summed E-state index contributed by atoms with van der Waals surface area (Å²) in [5, 5.41) is 19.2. The Bertz CT molecular complexity index is 348. The molecule has 0 saturated carbocycles. The number of aliphatic hydroxyl groups excluding tert-OH is 2. The largest absolute Gasteiger partial charge is 0.388 e. The molecule has 1 aromatic rings. The van der Waals surface area contributed by atoms with E-state index in [1.807, 2.05) is 30.3 Å². The molecule has 0 spiro atoms. The molecule has 74 valence electrons. The Hall–Kier alpha value is -1.19. The van der Waals surface area contributed by atoms with Gasteiger partial charge in [-0.1, -0.05) is 30.3 Å². The fourth-order valence-electron chi connectivity index (χ4n) is 1.65. The van der Waals surface area contributed by atoms with Crippen LogP contribution in [0, 0.1) is 0 Å². The Kier molecular flexibility index (Phi) is 2.35. The van der Waals surface area contributed by atoms with Crippen LogP contribution in [0.3, 0.4) is 0 Å². The predicted molar refractivity (Wildman–Crippen MR) is 54.5 cm³/mol. The van der Waals surface area contributed by atoms with Crippen LogP contribution in [0.5, 0.6) is 0 Å². The molecular formula is C11H13NO2. The van der Waals surface area contributed by atoms with E-state index in [1.54, 1.807) is 6.92 Å². The quantitative estimate of drug-likeness (QED) is 0.683. The lowest BCUT2D eigenvalue weighted by Crippen LogP contribution is -2.32.